The molecule has 0 atom stereocenters. The number of aryl methyl sites for hydroxylation is 1. The Kier molecular flexibility index (Phi) is 2.72. The third-order valence-corrected chi connectivity index (χ3v) is 3.96. The van der Waals surface area contributed by atoms with Gasteiger partial charge in [-0.15, -0.1) is 0 Å². The highest BCUT2D eigenvalue weighted by Crippen LogP contribution is 2.40. The van der Waals surface area contributed by atoms with E-state index in [-0.39, 0.29) is 0 Å². The summed E-state index contributed by atoms with van der Waals surface area (Å²) in [6.45, 7) is 1.85. The van der Waals surface area contributed by atoms with Gasteiger partial charge in [0.1, 0.15) is 0 Å². The van der Waals surface area contributed by atoms with E-state index < -0.39 is 5.91 Å². The van der Waals surface area contributed by atoms with Crippen molar-refractivity contribution in [3.05, 3.63) is 47.4 Å². The SMILES string of the molecule is Cc1nn(-c2ccccn2)c2nc(C3CC3)cc(C(N)=O)c12. The summed E-state index contributed by atoms with van der Waals surface area (Å²) in [5.74, 6) is 0.657. The van der Waals surface area contributed by atoms with Crippen LogP contribution in [0.5, 0.6) is 0 Å². The third-order valence-electron chi connectivity index (χ3n) is 3.96. The number of amides is 1. The Labute approximate surface area is 127 Å². The molecule has 0 saturated heterocycles. The summed E-state index contributed by atoms with van der Waals surface area (Å²) in [4.78, 5) is 20.9. The Hall–Kier alpha value is -2.76. The lowest BCUT2D eigenvalue weighted by atomic mass is 10.1. The van der Waals surface area contributed by atoms with Gasteiger partial charge < -0.3 is 5.73 Å². The van der Waals surface area contributed by atoms with E-state index in [1.54, 1.807) is 10.9 Å². The molecule has 4 rings (SSSR count). The Balaban J connectivity index is 2.05. The molecule has 1 fully saturated rings. The van der Waals surface area contributed by atoms with E-state index in [4.69, 9.17) is 10.7 Å². The highest BCUT2D eigenvalue weighted by Gasteiger charge is 2.28. The van der Waals surface area contributed by atoms with Gasteiger partial charge in [-0.3, -0.25) is 4.79 Å². The zero-order valence-corrected chi connectivity index (χ0v) is 12.2. The van der Waals surface area contributed by atoms with Gasteiger partial charge in [0, 0.05) is 17.8 Å². The quantitative estimate of drug-likeness (QED) is 0.801. The molecule has 0 radical (unpaired) electrons. The first kappa shape index (κ1) is 12.9. The van der Waals surface area contributed by atoms with Gasteiger partial charge in [0.15, 0.2) is 11.5 Å². The highest BCUT2D eigenvalue weighted by molar-refractivity contribution is 6.06. The van der Waals surface area contributed by atoms with Crippen LogP contribution in [0.4, 0.5) is 0 Å². The van der Waals surface area contributed by atoms with Crippen LogP contribution in [0.15, 0.2) is 30.5 Å². The zero-order valence-electron chi connectivity index (χ0n) is 12.2. The summed E-state index contributed by atoms with van der Waals surface area (Å²) in [6, 6.07) is 7.42. The predicted molar refractivity (Wildman–Crippen MR) is 81.9 cm³/mol. The second-order valence-electron chi connectivity index (χ2n) is 5.62. The van der Waals surface area contributed by atoms with Crippen molar-refractivity contribution in [2.75, 3.05) is 0 Å². The first-order valence-electron chi connectivity index (χ1n) is 7.26. The van der Waals surface area contributed by atoms with E-state index in [0.717, 1.165) is 24.2 Å². The lowest BCUT2D eigenvalue weighted by molar-refractivity contribution is 0.100. The molecule has 6 heteroatoms. The molecule has 3 aromatic heterocycles. The minimum atomic E-state index is -0.446. The first-order chi connectivity index (χ1) is 10.6. The number of nitrogens with two attached hydrogens (primary N) is 1. The van der Waals surface area contributed by atoms with E-state index in [0.29, 0.717) is 28.3 Å². The van der Waals surface area contributed by atoms with Crippen molar-refractivity contribution in [2.45, 2.75) is 25.7 Å². The van der Waals surface area contributed by atoms with Gasteiger partial charge in [0.2, 0.25) is 5.91 Å². The molecule has 1 amide bonds. The number of hydrogen-bond donors (Lipinski definition) is 1. The number of fused-ring (bicyclic) bond motifs is 1. The lowest BCUT2D eigenvalue weighted by Gasteiger charge is -2.06. The van der Waals surface area contributed by atoms with Crippen molar-refractivity contribution in [3.8, 4) is 5.82 Å². The number of nitrogens with zero attached hydrogens (tertiary/aromatic N) is 4. The maximum absolute atomic E-state index is 11.8. The van der Waals surface area contributed by atoms with E-state index in [9.17, 15) is 4.79 Å². The van der Waals surface area contributed by atoms with Crippen LogP contribution in [0.3, 0.4) is 0 Å². The molecule has 0 aromatic carbocycles. The second-order valence-corrected chi connectivity index (χ2v) is 5.62. The minimum Gasteiger partial charge on any atom is -0.366 e. The average molecular weight is 293 g/mol. The maximum Gasteiger partial charge on any atom is 0.249 e. The van der Waals surface area contributed by atoms with Crippen molar-refractivity contribution in [2.24, 2.45) is 5.73 Å². The number of primary amides is 1. The smallest absolute Gasteiger partial charge is 0.249 e. The Bertz CT molecular complexity index is 880. The summed E-state index contributed by atoms with van der Waals surface area (Å²) in [6.07, 6.45) is 3.92. The van der Waals surface area contributed by atoms with Gasteiger partial charge in [-0.2, -0.15) is 9.78 Å². The molecule has 6 nitrogen and oxygen atoms in total. The highest BCUT2D eigenvalue weighted by atomic mass is 16.1. The molecule has 1 aliphatic rings. The summed E-state index contributed by atoms with van der Waals surface area (Å²) in [5.41, 5.74) is 8.35. The first-order valence-corrected chi connectivity index (χ1v) is 7.26. The zero-order chi connectivity index (χ0) is 15.3. The van der Waals surface area contributed by atoms with Crippen molar-refractivity contribution in [1.82, 2.24) is 19.7 Å². The number of aromatic nitrogens is 4. The van der Waals surface area contributed by atoms with E-state index in [1.807, 2.05) is 31.2 Å². The second kappa shape index (κ2) is 4.62. The summed E-state index contributed by atoms with van der Waals surface area (Å²) >= 11 is 0. The van der Waals surface area contributed by atoms with Gasteiger partial charge in [0.25, 0.3) is 0 Å². The van der Waals surface area contributed by atoms with Crippen molar-refractivity contribution in [1.29, 1.82) is 0 Å². The molecule has 110 valence electrons. The molecule has 0 unspecified atom stereocenters. The molecule has 3 heterocycles. The molecule has 0 spiro atoms. The van der Waals surface area contributed by atoms with Crippen LogP contribution >= 0.6 is 0 Å². The third kappa shape index (κ3) is 1.95. The van der Waals surface area contributed by atoms with Crippen LogP contribution in [0.1, 0.15) is 40.5 Å². The van der Waals surface area contributed by atoms with Crippen molar-refractivity contribution >= 4 is 16.9 Å². The van der Waals surface area contributed by atoms with E-state index in [1.165, 1.54) is 0 Å². The maximum atomic E-state index is 11.8. The van der Waals surface area contributed by atoms with Gasteiger partial charge in [-0.1, -0.05) is 6.07 Å². The van der Waals surface area contributed by atoms with Crippen molar-refractivity contribution < 1.29 is 4.79 Å². The van der Waals surface area contributed by atoms with Crippen LogP contribution in [0, 0.1) is 6.92 Å². The average Bonchev–Trinajstić information content (AvgIpc) is 3.32. The molecular formula is C16H15N5O. The van der Waals surface area contributed by atoms with E-state index >= 15 is 0 Å². The number of hydrogen-bond acceptors (Lipinski definition) is 4. The summed E-state index contributed by atoms with van der Waals surface area (Å²) in [5, 5.41) is 5.22. The standard InChI is InChI=1S/C16H15N5O/c1-9-14-11(15(17)22)8-12(10-5-6-10)19-16(14)21(20-9)13-4-2-3-7-18-13/h2-4,7-8,10H,5-6H2,1H3,(H2,17,22). The van der Waals surface area contributed by atoms with Gasteiger partial charge in [-0.05, 0) is 38.0 Å². The molecule has 0 aliphatic heterocycles. The number of carbonyl (C=O) groups is 1. The molecule has 3 aromatic rings. The molecule has 22 heavy (non-hydrogen) atoms. The van der Waals surface area contributed by atoms with Crippen LogP contribution < -0.4 is 5.73 Å². The molecule has 1 saturated carbocycles. The Morgan fingerprint density at radius 1 is 1.36 bits per heavy atom. The van der Waals surface area contributed by atoms with Gasteiger partial charge >= 0.3 is 0 Å². The van der Waals surface area contributed by atoms with Crippen LogP contribution in [-0.2, 0) is 0 Å². The largest absolute Gasteiger partial charge is 0.366 e. The van der Waals surface area contributed by atoms with Crippen LogP contribution in [0.2, 0.25) is 0 Å². The lowest BCUT2D eigenvalue weighted by Crippen LogP contribution is -2.13. The number of rotatable bonds is 3. The predicted octanol–water partition coefficient (Wildman–Crippen LogP) is 2.10. The fourth-order valence-corrected chi connectivity index (χ4v) is 2.73. The fraction of sp³-hybridized carbons (Fsp3) is 0.250. The van der Waals surface area contributed by atoms with Crippen molar-refractivity contribution in [3.63, 3.8) is 0 Å². The normalized spacial score (nSPS) is 14.4. The topological polar surface area (TPSA) is 86.7 Å². The minimum absolute atomic E-state index is 0.426. The Morgan fingerprint density at radius 3 is 2.82 bits per heavy atom. The monoisotopic (exact) mass is 293 g/mol. The molecule has 1 aliphatic carbocycles. The summed E-state index contributed by atoms with van der Waals surface area (Å²) in [7, 11) is 0. The van der Waals surface area contributed by atoms with Crippen LogP contribution in [-0.4, -0.2) is 25.7 Å². The fourth-order valence-electron chi connectivity index (χ4n) is 2.73. The van der Waals surface area contributed by atoms with Gasteiger partial charge in [0.05, 0.1) is 16.6 Å². The molecule has 0 bridgehead atoms. The number of carbonyl (C=O) groups excluding carboxylic acids is 1. The molecular weight excluding hydrogens is 278 g/mol. The Morgan fingerprint density at radius 2 is 2.18 bits per heavy atom. The van der Waals surface area contributed by atoms with E-state index in [2.05, 4.69) is 10.1 Å². The van der Waals surface area contributed by atoms with Crippen LogP contribution in [0.25, 0.3) is 16.9 Å². The number of pyridine rings is 2. The van der Waals surface area contributed by atoms with Gasteiger partial charge in [-0.25, -0.2) is 9.97 Å². The molecule has 2 N–H and O–H groups in total. The summed E-state index contributed by atoms with van der Waals surface area (Å²) < 4.78 is 1.68.